The molecule has 0 bridgehead atoms. The molecule has 3 aromatic rings. The van der Waals surface area contributed by atoms with Crippen molar-refractivity contribution in [3.05, 3.63) is 76.2 Å². The Balaban J connectivity index is 1.57. The van der Waals surface area contributed by atoms with Gasteiger partial charge < -0.3 is 9.47 Å². The van der Waals surface area contributed by atoms with E-state index in [1.165, 1.54) is 11.1 Å². The Morgan fingerprint density at radius 1 is 1.00 bits per heavy atom. The number of nitrogens with zero attached hydrogens (tertiary/aromatic N) is 2. The quantitative estimate of drug-likeness (QED) is 0.678. The summed E-state index contributed by atoms with van der Waals surface area (Å²) in [5, 5.41) is 4.32. The zero-order valence-corrected chi connectivity index (χ0v) is 14.0. The molecule has 0 amide bonds. The zero-order valence-electron chi connectivity index (χ0n) is 13.2. The highest BCUT2D eigenvalue weighted by molar-refractivity contribution is 7.07. The van der Waals surface area contributed by atoms with Crippen LogP contribution in [0.1, 0.15) is 16.7 Å². The van der Waals surface area contributed by atoms with Crippen molar-refractivity contribution in [3.63, 3.8) is 0 Å². The van der Waals surface area contributed by atoms with Crippen molar-refractivity contribution < 1.29 is 9.47 Å². The third kappa shape index (κ3) is 3.42. The number of benzene rings is 1. The molecule has 0 N–H and O–H groups in total. The van der Waals surface area contributed by atoms with E-state index in [9.17, 15) is 0 Å². The SMILES string of the molecule is c1cncc(CN(Cc2ccsc2)Cc2cccc3c2OCO3)c1. The second kappa shape index (κ2) is 7.03. The van der Waals surface area contributed by atoms with Crippen molar-refractivity contribution in [2.75, 3.05) is 6.79 Å². The predicted octanol–water partition coefficient (Wildman–Crippen LogP) is 4.07. The molecule has 0 aliphatic carbocycles. The molecule has 4 nitrogen and oxygen atoms in total. The van der Waals surface area contributed by atoms with Gasteiger partial charge in [0.15, 0.2) is 11.5 Å². The van der Waals surface area contributed by atoms with Gasteiger partial charge in [-0.1, -0.05) is 18.2 Å². The van der Waals surface area contributed by atoms with Gasteiger partial charge in [0.05, 0.1) is 0 Å². The van der Waals surface area contributed by atoms with Crippen LogP contribution in [0.15, 0.2) is 59.6 Å². The average Bonchev–Trinajstić information content (AvgIpc) is 3.27. The summed E-state index contributed by atoms with van der Waals surface area (Å²) in [6, 6.07) is 12.4. The Bertz CT molecular complexity index is 790. The third-order valence-electron chi connectivity index (χ3n) is 3.99. The lowest BCUT2D eigenvalue weighted by Crippen LogP contribution is -2.22. The molecular weight excluding hydrogens is 320 g/mol. The number of aromatic nitrogens is 1. The lowest BCUT2D eigenvalue weighted by atomic mass is 10.1. The molecule has 0 spiro atoms. The highest BCUT2D eigenvalue weighted by Crippen LogP contribution is 2.36. The molecule has 4 rings (SSSR count). The fraction of sp³-hybridized carbons (Fsp3) is 0.211. The van der Waals surface area contributed by atoms with Gasteiger partial charge in [0.25, 0.3) is 0 Å². The first-order chi connectivity index (χ1) is 11.9. The number of ether oxygens (including phenoxy) is 2. The number of fused-ring (bicyclic) bond motifs is 1. The van der Waals surface area contributed by atoms with Gasteiger partial charge in [-0.25, -0.2) is 0 Å². The molecule has 0 unspecified atom stereocenters. The summed E-state index contributed by atoms with van der Waals surface area (Å²) in [4.78, 5) is 6.63. The highest BCUT2D eigenvalue weighted by Gasteiger charge is 2.19. The van der Waals surface area contributed by atoms with Gasteiger partial charge in [-0.2, -0.15) is 11.3 Å². The molecule has 0 atom stereocenters. The van der Waals surface area contributed by atoms with Crippen LogP contribution in [-0.4, -0.2) is 16.7 Å². The standard InChI is InChI=1S/C19H18N2O2S/c1-4-17(19-18(5-1)22-14-23-19)12-21(11-16-6-8-24-13-16)10-15-3-2-7-20-9-15/h1-9,13H,10-12,14H2. The third-order valence-corrected chi connectivity index (χ3v) is 4.72. The van der Waals surface area contributed by atoms with Crippen LogP contribution >= 0.6 is 11.3 Å². The molecule has 1 aromatic carbocycles. The van der Waals surface area contributed by atoms with Crippen LogP contribution in [0.3, 0.4) is 0 Å². The predicted molar refractivity (Wildman–Crippen MR) is 94.1 cm³/mol. The Hall–Kier alpha value is -2.37. The van der Waals surface area contributed by atoms with Gasteiger partial charge in [0, 0.05) is 37.6 Å². The number of hydrogen-bond donors (Lipinski definition) is 0. The fourth-order valence-electron chi connectivity index (χ4n) is 2.91. The zero-order chi connectivity index (χ0) is 16.2. The maximum absolute atomic E-state index is 5.66. The van der Waals surface area contributed by atoms with Crippen molar-refractivity contribution in [2.24, 2.45) is 0 Å². The molecule has 122 valence electrons. The van der Waals surface area contributed by atoms with Crippen LogP contribution in [0.2, 0.25) is 0 Å². The van der Waals surface area contributed by atoms with E-state index in [2.05, 4.69) is 38.8 Å². The minimum absolute atomic E-state index is 0.305. The number of thiophene rings is 1. The van der Waals surface area contributed by atoms with Gasteiger partial charge >= 0.3 is 0 Å². The normalized spacial score (nSPS) is 12.7. The lowest BCUT2D eigenvalue weighted by molar-refractivity contribution is 0.171. The second-order valence-electron chi connectivity index (χ2n) is 5.79. The topological polar surface area (TPSA) is 34.6 Å². The molecule has 0 radical (unpaired) electrons. The van der Waals surface area contributed by atoms with Crippen molar-refractivity contribution in [1.29, 1.82) is 0 Å². The van der Waals surface area contributed by atoms with Crippen LogP contribution in [-0.2, 0) is 19.6 Å². The monoisotopic (exact) mass is 338 g/mol. The van der Waals surface area contributed by atoms with Crippen molar-refractivity contribution in [1.82, 2.24) is 9.88 Å². The van der Waals surface area contributed by atoms with Gasteiger partial charge in [-0.05, 0) is 40.1 Å². The molecule has 5 heteroatoms. The van der Waals surface area contributed by atoms with Crippen molar-refractivity contribution >= 4 is 11.3 Å². The van der Waals surface area contributed by atoms with Crippen molar-refractivity contribution in [3.8, 4) is 11.5 Å². The van der Waals surface area contributed by atoms with Crippen LogP contribution in [0.5, 0.6) is 11.5 Å². The number of hydrogen-bond acceptors (Lipinski definition) is 5. The summed E-state index contributed by atoms with van der Waals surface area (Å²) in [7, 11) is 0. The summed E-state index contributed by atoms with van der Waals surface area (Å²) in [5.74, 6) is 1.71. The van der Waals surface area contributed by atoms with Crippen molar-refractivity contribution in [2.45, 2.75) is 19.6 Å². The molecule has 1 aliphatic rings. The molecular formula is C19H18N2O2S. The first-order valence-corrected chi connectivity index (χ1v) is 8.82. The van der Waals surface area contributed by atoms with E-state index in [4.69, 9.17) is 9.47 Å². The Kier molecular flexibility index (Phi) is 4.44. The lowest BCUT2D eigenvalue weighted by Gasteiger charge is -2.22. The van der Waals surface area contributed by atoms with E-state index < -0.39 is 0 Å². The van der Waals surface area contributed by atoms with E-state index in [0.29, 0.717) is 6.79 Å². The Morgan fingerprint density at radius 2 is 1.96 bits per heavy atom. The molecule has 0 saturated carbocycles. The first-order valence-electron chi connectivity index (χ1n) is 7.88. The summed E-state index contributed by atoms with van der Waals surface area (Å²) in [5.41, 5.74) is 3.69. The van der Waals surface area contributed by atoms with Crippen LogP contribution in [0.4, 0.5) is 0 Å². The van der Waals surface area contributed by atoms with Crippen LogP contribution < -0.4 is 9.47 Å². The van der Waals surface area contributed by atoms with E-state index in [0.717, 1.165) is 36.7 Å². The van der Waals surface area contributed by atoms with E-state index in [1.807, 2.05) is 30.6 Å². The van der Waals surface area contributed by atoms with Gasteiger partial charge in [-0.15, -0.1) is 0 Å². The highest BCUT2D eigenvalue weighted by atomic mass is 32.1. The number of rotatable bonds is 6. The summed E-state index contributed by atoms with van der Waals surface area (Å²) in [6.45, 7) is 2.84. The average molecular weight is 338 g/mol. The molecule has 24 heavy (non-hydrogen) atoms. The van der Waals surface area contributed by atoms with E-state index in [-0.39, 0.29) is 0 Å². The van der Waals surface area contributed by atoms with Crippen LogP contribution in [0.25, 0.3) is 0 Å². The van der Waals surface area contributed by atoms with E-state index >= 15 is 0 Å². The van der Waals surface area contributed by atoms with Gasteiger partial charge in [-0.3, -0.25) is 9.88 Å². The molecule has 0 saturated heterocycles. The largest absolute Gasteiger partial charge is 0.454 e. The summed E-state index contributed by atoms with van der Waals surface area (Å²) >= 11 is 1.73. The minimum atomic E-state index is 0.305. The minimum Gasteiger partial charge on any atom is -0.454 e. The molecule has 2 aromatic heterocycles. The van der Waals surface area contributed by atoms with Gasteiger partial charge in [0.2, 0.25) is 6.79 Å². The maximum atomic E-state index is 5.66. The maximum Gasteiger partial charge on any atom is 0.231 e. The van der Waals surface area contributed by atoms with Crippen LogP contribution in [0, 0.1) is 0 Å². The smallest absolute Gasteiger partial charge is 0.231 e. The fourth-order valence-corrected chi connectivity index (χ4v) is 3.57. The van der Waals surface area contributed by atoms with E-state index in [1.54, 1.807) is 11.3 Å². The number of pyridine rings is 1. The Morgan fingerprint density at radius 3 is 2.79 bits per heavy atom. The molecule has 0 fully saturated rings. The summed E-state index contributed by atoms with van der Waals surface area (Å²) in [6.07, 6.45) is 3.73. The first kappa shape index (κ1) is 15.2. The molecule has 1 aliphatic heterocycles. The molecule has 3 heterocycles. The van der Waals surface area contributed by atoms with Gasteiger partial charge in [0.1, 0.15) is 0 Å². The summed E-state index contributed by atoms with van der Waals surface area (Å²) < 4.78 is 11.2. The second-order valence-corrected chi connectivity index (χ2v) is 6.57. The Labute approximate surface area is 145 Å². The number of para-hydroxylation sites is 1.